The summed E-state index contributed by atoms with van der Waals surface area (Å²) in [5, 5.41) is 4.24. The molecular formula is C21H29FN4O2. The van der Waals surface area contributed by atoms with Crippen LogP contribution in [0.5, 0.6) is 0 Å². The molecule has 152 valence electrons. The summed E-state index contributed by atoms with van der Waals surface area (Å²) in [5.74, 6) is -0.302. The van der Waals surface area contributed by atoms with Crippen LogP contribution < -0.4 is 5.56 Å². The molecule has 1 amide bonds. The second-order valence-electron chi connectivity index (χ2n) is 7.12. The number of hydrogen-bond acceptors (Lipinski definition) is 4. The number of nitrogens with zero attached hydrogens (tertiary/aromatic N) is 4. The number of hydrogen-bond donors (Lipinski definition) is 0. The zero-order valence-electron chi connectivity index (χ0n) is 17.1. The molecule has 0 unspecified atom stereocenters. The summed E-state index contributed by atoms with van der Waals surface area (Å²) in [6, 6.07) is 8.21. The Labute approximate surface area is 165 Å². The molecule has 1 heterocycles. The normalized spacial score (nSPS) is 11.2. The summed E-state index contributed by atoms with van der Waals surface area (Å²) in [4.78, 5) is 29.3. The number of carbonyl (C=O) groups excluding carboxylic acids is 1. The van der Waals surface area contributed by atoms with Gasteiger partial charge in [0.15, 0.2) is 0 Å². The van der Waals surface area contributed by atoms with E-state index in [1.807, 2.05) is 0 Å². The predicted octanol–water partition coefficient (Wildman–Crippen LogP) is 2.81. The third-order valence-corrected chi connectivity index (χ3v) is 4.54. The lowest BCUT2D eigenvalue weighted by Crippen LogP contribution is -2.41. The minimum Gasteiger partial charge on any atom is -0.336 e. The highest BCUT2D eigenvalue weighted by molar-refractivity contribution is 5.92. The lowest BCUT2D eigenvalue weighted by Gasteiger charge is -2.27. The van der Waals surface area contributed by atoms with Crippen LogP contribution in [0.1, 0.15) is 38.2 Å². The summed E-state index contributed by atoms with van der Waals surface area (Å²) in [6.07, 6.45) is 0. The van der Waals surface area contributed by atoms with Gasteiger partial charge in [0.1, 0.15) is 11.5 Å². The molecule has 28 heavy (non-hydrogen) atoms. The maximum Gasteiger partial charge on any atom is 0.274 e. The zero-order chi connectivity index (χ0) is 20.7. The Bertz CT molecular complexity index is 829. The lowest BCUT2D eigenvalue weighted by atomic mass is 10.2. The number of aromatic nitrogens is 2. The molecule has 0 aliphatic heterocycles. The van der Waals surface area contributed by atoms with Gasteiger partial charge in [-0.2, -0.15) is 9.78 Å². The van der Waals surface area contributed by atoms with Crippen LogP contribution in [-0.2, 0) is 0 Å². The van der Waals surface area contributed by atoms with Crippen LogP contribution >= 0.6 is 0 Å². The maximum absolute atomic E-state index is 13.2. The van der Waals surface area contributed by atoms with Gasteiger partial charge in [-0.1, -0.05) is 27.7 Å². The van der Waals surface area contributed by atoms with Crippen LogP contribution in [0.2, 0.25) is 0 Å². The second-order valence-corrected chi connectivity index (χ2v) is 7.12. The number of rotatable bonds is 9. The number of likely N-dealkylation sites (N-methyl/N-ethyl adjacent to an activating group) is 1. The van der Waals surface area contributed by atoms with E-state index < -0.39 is 5.82 Å². The molecule has 6 nitrogen and oxygen atoms in total. The Balaban J connectivity index is 2.29. The van der Waals surface area contributed by atoms with Crippen LogP contribution in [0.3, 0.4) is 0 Å². The highest BCUT2D eigenvalue weighted by Gasteiger charge is 2.20. The number of benzene rings is 1. The van der Waals surface area contributed by atoms with E-state index in [0.29, 0.717) is 24.7 Å². The van der Waals surface area contributed by atoms with E-state index in [4.69, 9.17) is 0 Å². The number of amides is 1. The van der Waals surface area contributed by atoms with Gasteiger partial charge in [0.2, 0.25) is 0 Å². The minimum absolute atomic E-state index is 0.198. The molecule has 0 spiro atoms. The number of carbonyl (C=O) groups is 1. The fourth-order valence-corrected chi connectivity index (χ4v) is 2.97. The first-order valence-corrected chi connectivity index (χ1v) is 9.73. The highest BCUT2D eigenvalue weighted by Crippen LogP contribution is 2.09. The molecule has 0 bridgehead atoms. The van der Waals surface area contributed by atoms with E-state index in [2.05, 4.69) is 37.7 Å². The molecule has 2 aromatic rings. The Morgan fingerprint density at radius 1 is 1.07 bits per heavy atom. The first-order valence-electron chi connectivity index (χ1n) is 9.73. The van der Waals surface area contributed by atoms with Crippen molar-refractivity contribution in [1.82, 2.24) is 19.6 Å². The molecule has 0 N–H and O–H groups in total. The summed E-state index contributed by atoms with van der Waals surface area (Å²) >= 11 is 0. The van der Waals surface area contributed by atoms with Crippen molar-refractivity contribution < 1.29 is 9.18 Å². The van der Waals surface area contributed by atoms with Gasteiger partial charge in [-0.25, -0.2) is 4.39 Å². The molecule has 0 saturated heterocycles. The molecule has 2 rings (SSSR count). The van der Waals surface area contributed by atoms with E-state index in [0.717, 1.165) is 24.3 Å². The van der Waals surface area contributed by atoms with Gasteiger partial charge in [0.25, 0.3) is 11.5 Å². The van der Waals surface area contributed by atoms with Gasteiger partial charge >= 0.3 is 0 Å². The minimum atomic E-state index is -0.399. The fourth-order valence-electron chi connectivity index (χ4n) is 2.97. The summed E-state index contributed by atoms with van der Waals surface area (Å²) < 4.78 is 14.3. The molecule has 0 atom stereocenters. The van der Waals surface area contributed by atoms with Gasteiger partial charge in [-0.05, 0) is 49.3 Å². The highest BCUT2D eigenvalue weighted by atomic mass is 19.1. The van der Waals surface area contributed by atoms with Crippen LogP contribution in [0.25, 0.3) is 5.69 Å². The van der Waals surface area contributed by atoms with Crippen LogP contribution in [0.15, 0.2) is 41.2 Å². The van der Waals surface area contributed by atoms with Crippen molar-refractivity contribution in [1.29, 1.82) is 0 Å². The third kappa shape index (κ3) is 5.73. The van der Waals surface area contributed by atoms with Crippen LogP contribution in [0.4, 0.5) is 4.39 Å². The molecule has 0 aliphatic carbocycles. The summed E-state index contributed by atoms with van der Waals surface area (Å²) in [7, 11) is 0. The SMILES string of the molecule is CCN(CC)CCN(CC(C)C)C(=O)c1ccc(=O)n(-c2ccc(F)cc2)n1. The molecule has 1 aromatic heterocycles. The van der Waals surface area contributed by atoms with Crippen molar-refractivity contribution in [2.45, 2.75) is 27.7 Å². The smallest absolute Gasteiger partial charge is 0.274 e. The predicted molar refractivity (Wildman–Crippen MR) is 108 cm³/mol. The van der Waals surface area contributed by atoms with Crippen LogP contribution in [0, 0.1) is 11.7 Å². The Kier molecular flexibility index (Phi) is 7.87. The summed E-state index contributed by atoms with van der Waals surface area (Å²) in [6.45, 7) is 12.1. The van der Waals surface area contributed by atoms with Crippen molar-refractivity contribution in [2.75, 3.05) is 32.7 Å². The van der Waals surface area contributed by atoms with Gasteiger partial charge in [-0.3, -0.25) is 9.59 Å². The van der Waals surface area contributed by atoms with Gasteiger partial charge in [0, 0.05) is 25.7 Å². The first-order chi connectivity index (χ1) is 13.3. The molecule has 0 radical (unpaired) electrons. The van der Waals surface area contributed by atoms with E-state index in [1.54, 1.807) is 4.90 Å². The van der Waals surface area contributed by atoms with Gasteiger partial charge in [-0.15, -0.1) is 0 Å². The Hall–Kier alpha value is -2.54. The average molecular weight is 388 g/mol. The zero-order valence-corrected chi connectivity index (χ0v) is 17.1. The largest absolute Gasteiger partial charge is 0.336 e. The van der Waals surface area contributed by atoms with Crippen molar-refractivity contribution >= 4 is 5.91 Å². The molecule has 1 aromatic carbocycles. The van der Waals surface area contributed by atoms with Gasteiger partial charge < -0.3 is 9.80 Å². The molecule has 0 aliphatic rings. The van der Waals surface area contributed by atoms with E-state index in [1.165, 1.54) is 36.4 Å². The quantitative estimate of drug-likeness (QED) is 0.663. The lowest BCUT2D eigenvalue weighted by molar-refractivity contribution is 0.0708. The van der Waals surface area contributed by atoms with E-state index in [9.17, 15) is 14.0 Å². The van der Waals surface area contributed by atoms with Gasteiger partial charge in [0.05, 0.1) is 5.69 Å². The Morgan fingerprint density at radius 3 is 2.29 bits per heavy atom. The van der Waals surface area contributed by atoms with E-state index in [-0.39, 0.29) is 17.2 Å². The van der Waals surface area contributed by atoms with Crippen molar-refractivity contribution in [3.8, 4) is 5.69 Å². The van der Waals surface area contributed by atoms with Crippen molar-refractivity contribution in [3.63, 3.8) is 0 Å². The Morgan fingerprint density at radius 2 is 1.71 bits per heavy atom. The molecule has 0 saturated carbocycles. The number of halogens is 1. The average Bonchev–Trinajstić information content (AvgIpc) is 2.68. The maximum atomic E-state index is 13.2. The monoisotopic (exact) mass is 388 g/mol. The van der Waals surface area contributed by atoms with E-state index >= 15 is 0 Å². The molecule has 0 fully saturated rings. The van der Waals surface area contributed by atoms with Crippen LogP contribution in [-0.4, -0.2) is 58.2 Å². The first kappa shape index (κ1) is 21.8. The fraction of sp³-hybridized carbons (Fsp3) is 0.476. The summed E-state index contributed by atoms with van der Waals surface area (Å²) in [5.41, 5.74) is 0.241. The topological polar surface area (TPSA) is 58.4 Å². The standard InChI is InChI=1S/C21H29FN4O2/c1-5-24(6-2)13-14-25(15-16(3)4)21(28)19-11-12-20(27)26(23-19)18-9-7-17(22)8-10-18/h7-12,16H,5-6,13-15H2,1-4H3. The molecule has 7 heteroatoms. The molecular weight excluding hydrogens is 359 g/mol. The second kappa shape index (κ2) is 10.1. The van der Waals surface area contributed by atoms with Crippen molar-refractivity contribution in [3.05, 3.63) is 58.3 Å². The third-order valence-electron chi connectivity index (χ3n) is 4.54. The van der Waals surface area contributed by atoms with Crippen molar-refractivity contribution in [2.24, 2.45) is 5.92 Å².